The van der Waals surface area contributed by atoms with Crippen LogP contribution >= 0.6 is 0 Å². The molecule has 0 aliphatic rings. The van der Waals surface area contributed by atoms with Crippen molar-refractivity contribution in [3.63, 3.8) is 0 Å². The maximum Gasteiger partial charge on any atom is 1.00 e. The molecule has 0 aromatic heterocycles. The van der Waals surface area contributed by atoms with Crippen molar-refractivity contribution in [2.45, 2.75) is 65.2 Å². The van der Waals surface area contributed by atoms with Crippen molar-refractivity contribution in [3.05, 3.63) is 12.2 Å². The average molecular weight is 169 g/mol. The second kappa shape index (κ2) is 10.7. The van der Waals surface area contributed by atoms with E-state index in [0.29, 0.717) is 0 Å². The van der Waals surface area contributed by atoms with Crippen LogP contribution in [0.25, 0.3) is 0 Å². The molecule has 0 fully saturated rings. The van der Waals surface area contributed by atoms with E-state index in [1.807, 2.05) is 0 Å². The van der Waals surface area contributed by atoms with Gasteiger partial charge in [0, 0.05) is 0 Å². The summed E-state index contributed by atoms with van der Waals surface area (Å²) in [6, 6.07) is 0. The van der Waals surface area contributed by atoms with E-state index in [4.69, 9.17) is 0 Å². The minimum absolute atomic E-state index is 0. The molecule has 0 N–H and O–H groups in total. The van der Waals surface area contributed by atoms with E-state index < -0.39 is 0 Å². The molecule has 0 aromatic carbocycles. The predicted octanol–water partition coefficient (Wildman–Crippen LogP) is 4.82. The molecule has 0 radical (unpaired) electrons. The van der Waals surface area contributed by atoms with Crippen LogP contribution in [0.2, 0.25) is 0 Å². The minimum atomic E-state index is 0. The molecule has 0 amide bonds. The predicted molar refractivity (Wildman–Crippen MR) is 58.5 cm³/mol. The smallest absolute Gasteiger partial charge is 0.0885 e. The van der Waals surface area contributed by atoms with Gasteiger partial charge >= 0.3 is 1.43 Å². The lowest BCUT2D eigenvalue weighted by Gasteiger charge is -1.94. The Balaban J connectivity index is 0. The summed E-state index contributed by atoms with van der Waals surface area (Å²) in [5, 5.41) is 0. The number of allylic oxidation sites excluding steroid dienone is 2. The summed E-state index contributed by atoms with van der Waals surface area (Å²) in [4.78, 5) is 0. The molecular weight excluding hydrogens is 144 g/mol. The van der Waals surface area contributed by atoms with Gasteiger partial charge in [0.15, 0.2) is 0 Å². The first-order valence-corrected chi connectivity index (χ1v) is 5.56. The van der Waals surface area contributed by atoms with Gasteiger partial charge in [-0.25, -0.2) is 0 Å². The normalized spacial score (nSPS) is 11.2. The van der Waals surface area contributed by atoms with E-state index in [9.17, 15) is 0 Å². The highest BCUT2D eigenvalue weighted by Gasteiger charge is 1.84. The number of hydrogen-bond acceptors (Lipinski definition) is 0. The zero-order valence-electron chi connectivity index (χ0n) is 9.81. The zero-order chi connectivity index (χ0) is 9.07. The maximum atomic E-state index is 2.35. The summed E-state index contributed by atoms with van der Waals surface area (Å²) < 4.78 is 0. The van der Waals surface area contributed by atoms with Crippen LogP contribution < -0.4 is 0 Å². The Bertz CT molecular complexity index is 97.3. The fourth-order valence-electron chi connectivity index (χ4n) is 1.25. The highest BCUT2D eigenvalue weighted by molar-refractivity contribution is 4.80. The molecule has 0 heteroatoms. The highest BCUT2D eigenvalue weighted by Crippen LogP contribution is 2.04. The van der Waals surface area contributed by atoms with Gasteiger partial charge in [-0.2, -0.15) is 0 Å². The lowest BCUT2D eigenvalue weighted by molar-refractivity contribution is 0.673. The summed E-state index contributed by atoms with van der Waals surface area (Å²) in [7, 11) is 0. The van der Waals surface area contributed by atoms with E-state index >= 15 is 0 Å². The Morgan fingerprint density at radius 1 is 0.750 bits per heavy atom. The number of rotatable bonds is 8. The first-order valence-electron chi connectivity index (χ1n) is 5.56. The Labute approximate surface area is 79.5 Å². The molecule has 12 heavy (non-hydrogen) atoms. The van der Waals surface area contributed by atoms with Gasteiger partial charge in [-0.05, 0) is 19.3 Å². The highest BCUT2D eigenvalue weighted by atomic mass is 13.9. The third-order valence-electron chi connectivity index (χ3n) is 2.12. The van der Waals surface area contributed by atoms with Crippen LogP contribution in [-0.4, -0.2) is 0 Å². The molecule has 0 rings (SSSR count). The third-order valence-corrected chi connectivity index (χ3v) is 2.12. The molecule has 72 valence electrons. The quantitative estimate of drug-likeness (QED) is 0.361. The van der Waals surface area contributed by atoms with Crippen LogP contribution in [0.1, 0.15) is 66.6 Å². The SMILES string of the molecule is CCCC/C=C/CCCCCC.[H+]. The second-order valence-corrected chi connectivity index (χ2v) is 3.46. The van der Waals surface area contributed by atoms with Crippen molar-refractivity contribution >= 4 is 0 Å². The number of hydrogen-bond donors (Lipinski definition) is 0. The van der Waals surface area contributed by atoms with E-state index in [-0.39, 0.29) is 1.43 Å². The first-order chi connectivity index (χ1) is 5.91. The van der Waals surface area contributed by atoms with Crippen molar-refractivity contribution < 1.29 is 1.43 Å². The van der Waals surface area contributed by atoms with Gasteiger partial charge in [0.05, 0.1) is 0 Å². The standard InChI is InChI=1S/C12H24/c1-3-5-7-9-11-12-10-8-6-4-2/h9,11H,3-8,10,12H2,1-2H3/p+1/b11-9+. The maximum absolute atomic E-state index is 2.35. The fourth-order valence-corrected chi connectivity index (χ4v) is 1.25. The monoisotopic (exact) mass is 169 g/mol. The minimum Gasteiger partial charge on any atom is -0.0885 e. The van der Waals surface area contributed by atoms with Gasteiger partial charge in [0.1, 0.15) is 0 Å². The molecule has 0 saturated heterocycles. The van der Waals surface area contributed by atoms with Gasteiger partial charge < -0.3 is 0 Å². The van der Waals surface area contributed by atoms with Crippen molar-refractivity contribution in [2.24, 2.45) is 0 Å². The summed E-state index contributed by atoms with van der Waals surface area (Å²) in [6.45, 7) is 4.51. The van der Waals surface area contributed by atoms with Gasteiger partial charge in [0.25, 0.3) is 0 Å². The lowest BCUT2D eigenvalue weighted by Crippen LogP contribution is -1.74. The fraction of sp³-hybridized carbons (Fsp3) is 0.833. The summed E-state index contributed by atoms with van der Waals surface area (Å²) in [5.41, 5.74) is 0. The van der Waals surface area contributed by atoms with Crippen LogP contribution in [0.5, 0.6) is 0 Å². The molecular formula is C12H25+. The van der Waals surface area contributed by atoms with Crippen molar-refractivity contribution in [1.29, 1.82) is 0 Å². The third kappa shape index (κ3) is 9.74. The van der Waals surface area contributed by atoms with Crippen LogP contribution in [0.3, 0.4) is 0 Å². The first kappa shape index (κ1) is 11.7. The van der Waals surface area contributed by atoms with Gasteiger partial charge in [-0.3, -0.25) is 0 Å². The zero-order valence-corrected chi connectivity index (χ0v) is 8.81. The molecule has 0 aromatic rings. The molecule has 0 aliphatic heterocycles. The van der Waals surface area contributed by atoms with Crippen LogP contribution in [-0.2, 0) is 0 Å². The van der Waals surface area contributed by atoms with Crippen LogP contribution in [0.15, 0.2) is 12.2 Å². The van der Waals surface area contributed by atoms with E-state index in [0.717, 1.165) is 0 Å². The Hall–Kier alpha value is -0.260. The molecule has 0 bridgehead atoms. The number of unbranched alkanes of at least 4 members (excludes halogenated alkanes) is 6. The molecule has 0 spiro atoms. The van der Waals surface area contributed by atoms with E-state index in [1.54, 1.807) is 0 Å². The molecule has 0 heterocycles. The van der Waals surface area contributed by atoms with Gasteiger partial charge in [-0.15, -0.1) is 0 Å². The Morgan fingerprint density at radius 2 is 1.33 bits per heavy atom. The average Bonchev–Trinajstić information content (AvgIpc) is 2.10. The lowest BCUT2D eigenvalue weighted by atomic mass is 10.1. The van der Waals surface area contributed by atoms with Crippen LogP contribution in [0, 0.1) is 0 Å². The van der Waals surface area contributed by atoms with Gasteiger partial charge in [0.2, 0.25) is 0 Å². The largest absolute Gasteiger partial charge is 1.00 e. The molecule has 0 nitrogen and oxygen atoms in total. The summed E-state index contributed by atoms with van der Waals surface area (Å²) in [6.07, 6.45) is 15.5. The Kier molecular flexibility index (Phi) is 10.5. The molecule has 0 unspecified atom stereocenters. The van der Waals surface area contributed by atoms with E-state index in [1.165, 1.54) is 51.4 Å². The van der Waals surface area contributed by atoms with Gasteiger partial charge in [-0.1, -0.05) is 58.1 Å². The summed E-state index contributed by atoms with van der Waals surface area (Å²) in [5.74, 6) is 0. The molecule has 0 aliphatic carbocycles. The second-order valence-electron chi connectivity index (χ2n) is 3.46. The van der Waals surface area contributed by atoms with Crippen molar-refractivity contribution in [2.75, 3.05) is 0 Å². The Morgan fingerprint density at radius 3 is 1.92 bits per heavy atom. The molecule has 0 atom stereocenters. The topological polar surface area (TPSA) is 0 Å². The van der Waals surface area contributed by atoms with Crippen molar-refractivity contribution in [3.8, 4) is 0 Å². The molecule has 0 saturated carbocycles. The van der Waals surface area contributed by atoms with E-state index in [2.05, 4.69) is 26.0 Å². The van der Waals surface area contributed by atoms with Crippen molar-refractivity contribution in [1.82, 2.24) is 0 Å². The van der Waals surface area contributed by atoms with Crippen LogP contribution in [0.4, 0.5) is 0 Å². The summed E-state index contributed by atoms with van der Waals surface area (Å²) >= 11 is 0.